The van der Waals surface area contributed by atoms with Crippen LogP contribution < -0.4 is 0 Å². The zero-order valence-corrected chi connectivity index (χ0v) is 12.0. The Morgan fingerprint density at radius 3 is 2.41 bits per heavy atom. The van der Waals surface area contributed by atoms with Gasteiger partial charge in [-0.1, -0.05) is 29.8 Å². The highest BCUT2D eigenvalue weighted by Crippen LogP contribution is 2.45. The zero-order chi connectivity index (χ0) is 15.4. The number of benzene rings is 1. The fourth-order valence-electron chi connectivity index (χ4n) is 3.20. The van der Waals surface area contributed by atoms with Gasteiger partial charge >= 0.3 is 0 Å². The molecule has 1 aromatic rings. The molecule has 2 bridgehead atoms. The molecule has 3 heterocycles. The van der Waals surface area contributed by atoms with E-state index in [-0.39, 0.29) is 29.4 Å². The molecule has 22 heavy (non-hydrogen) atoms. The standard InChI is InChI=1S/C15H11ClFNO4/c16-8-2-1-3-9(17)7(8)6-21-18-14(19)12-10-4-5-11(22-10)13(12)15(18)20/h1-5,10-13H,6H2/t10-,11-,12-,13-/m1/s1. The Balaban J connectivity index is 1.53. The van der Waals surface area contributed by atoms with Crippen molar-refractivity contribution in [2.45, 2.75) is 18.8 Å². The molecule has 0 aromatic heterocycles. The van der Waals surface area contributed by atoms with Gasteiger partial charge in [0.05, 0.1) is 24.0 Å². The van der Waals surface area contributed by atoms with E-state index < -0.39 is 29.5 Å². The molecule has 0 spiro atoms. The largest absolute Gasteiger partial charge is 0.365 e. The van der Waals surface area contributed by atoms with Crippen molar-refractivity contribution in [1.29, 1.82) is 0 Å². The second kappa shape index (κ2) is 4.87. The van der Waals surface area contributed by atoms with Crippen LogP contribution >= 0.6 is 11.6 Å². The van der Waals surface area contributed by atoms with Gasteiger partial charge in [-0.2, -0.15) is 5.06 Å². The lowest BCUT2D eigenvalue weighted by Crippen LogP contribution is -2.34. The summed E-state index contributed by atoms with van der Waals surface area (Å²) in [4.78, 5) is 29.9. The van der Waals surface area contributed by atoms with Crippen molar-refractivity contribution < 1.29 is 23.6 Å². The Hall–Kier alpha value is -1.76. The molecule has 2 fully saturated rings. The van der Waals surface area contributed by atoms with Crippen LogP contribution in [0.4, 0.5) is 4.39 Å². The molecule has 4 atom stereocenters. The fraction of sp³-hybridized carbons (Fsp3) is 0.333. The third-order valence-corrected chi connectivity index (χ3v) is 4.62. The average molecular weight is 324 g/mol. The Kier molecular flexibility index (Phi) is 3.07. The molecule has 5 nitrogen and oxygen atoms in total. The lowest BCUT2D eigenvalue weighted by molar-refractivity contribution is -0.195. The summed E-state index contributed by atoms with van der Waals surface area (Å²) in [6.45, 7) is -0.286. The Labute approximate surface area is 130 Å². The van der Waals surface area contributed by atoms with Crippen molar-refractivity contribution in [2.75, 3.05) is 0 Å². The first-order chi connectivity index (χ1) is 10.6. The number of hydroxylamine groups is 2. The first kappa shape index (κ1) is 13.9. The molecule has 2 amide bonds. The topological polar surface area (TPSA) is 55.8 Å². The highest BCUT2D eigenvalue weighted by atomic mass is 35.5. The van der Waals surface area contributed by atoms with Crippen LogP contribution in [0.1, 0.15) is 5.56 Å². The van der Waals surface area contributed by atoms with E-state index in [1.54, 1.807) is 12.2 Å². The minimum Gasteiger partial charge on any atom is -0.365 e. The van der Waals surface area contributed by atoms with Crippen molar-refractivity contribution in [2.24, 2.45) is 11.8 Å². The molecule has 1 aromatic carbocycles. The van der Waals surface area contributed by atoms with E-state index in [0.717, 1.165) is 5.06 Å². The Morgan fingerprint density at radius 2 is 1.82 bits per heavy atom. The maximum Gasteiger partial charge on any atom is 0.260 e. The van der Waals surface area contributed by atoms with E-state index in [1.165, 1.54) is 18.2 Å². The number of hydrogen-bond donors (Lipinski definition) is 0. The number of carbonyl (C=O) groups excluding carboxylic acids is 2. The van der Waals surface area contributed by atoms with Crippen molar-refractivity contribution in [3.05, 3.63) is 46.8 Å². The van der Waals surface area contributed by atoms with E-state index in [9.17, 15) is 14.0 Å². The summed E-state index contributed by atoms with van der Waals surface area (Å²) in [5.41, 5.74) is 0.110. The zero-order valence-electron chi connectivity index (χ0n) is 11.2. The highest BCUT2D eigenvalue weighted by Gasteiger charge is 2.61. The van der Waals surface area contributed by atoms with Crippen LogP contribution in [-0.2, 0) is 25.8 Å². The molecular formula is C15H11ClFNO4. The molecule has 0 saturated carbocycles. The quantitative estimate of drug-likeness (QED) is 0.629. The number of fused-ring (bicyclic) bond motifs is 5. The summed E-state index contributed by atoms with van der Waals surface area (Å²) >= 11 is 5.90. The Morgan fingerprint density at radius 1 is 1.18 bits per heavy atom. The monoisotopic (exact) mass is 323 g/mol. The van der Waals surface area contributed by atoms with Gasteiger partial charge in [-0.15, -0.1) is 0 Å². The summed E-state index contributed by atoms with van der Waals surface area (Å²) in [6.07, 6.45) is 2.82. The van der Waals surface area contributed by atoms with Gasteiger partial charge in [0.15, 0.2) is 0 Å². The first-order valence-electron chi connectivity index (χ1n) is 6.85. The molecule has 0 unspecified atom stereocenters. The maximum absolute atomic E-state index is 13.7. The van der Waals surface area contributed by atoms with Crippen molar-refractivity contribution in [3.63, 3.8) is 0 Å². The minimum atomic E-state index is -0.545. The van der Waals surface area contributed by atoms with Gasteiger partial charge in [-0.25, -0.2) is 4.39 Å². The number of ether oxygens (including phenoxy) is 1. The maximum atomic E-state index is 13.7. The Bertz CT molecular complexity index is 657. The molecule has 7 heteroatoms. The molecule has 0 aliphatic carbocycles. The normalized spacial score (nSPS) is 32.2. The first-order valence-corrected chi connectivity index (χ1v) is 7.23. The smallest absolute Gasteiger partial charge is 0.260 e. The second-order valence-corrected chi connectivity index (χ2v) is 5.85. The van der Waals surface area contributed by atoms with Crippen LogP contribution in [0.5, 0.6) is 0 Å². The lowest BCUT2D eigenvalue weighted by Gasteiger charge is -2.17. The molecule has 0 radical (unpaired) electrons. The fourth-order valence-corrected chi connectivity index (χ4v) is 3.42. The third kappa shape index (κ3) is 1.84. The predicted octanol–water partition coefficient (Wildman–Crippen LogP) is 1.85. The van der Waals surface area contributed by atoms with Crippen molar-refractivity contribution in [1.82, 2.24) is 5.06 Å². The second-order valence-electron chi connectivity index (χ2n) is 5.45. The predicted molar refractivity (Wildman–Crippen MR) is 72.8 cm³/mol. The van der Waals surface area contributed by atoms with Crippen LogP contribution in [-0.4, -0.2) is 29.1 Å². The number of hydrogen-bond acceptors (Lipinski definition) is 4. The number of nitrogens with zero attached hydrogens (tertiary/aromatic N) is 1. The summed E-state index contributed by atoms with van der Waals surface area (Å²) < 4.78 is 19.2. The van der Waals surface area contributed by atoms with Crippen LogP contribution in [0, 0.1) is 17.7 Å². The van der Waals surface area contributed by atoms with E-state index in [1.807, 2.05) is 0 Å². The molecule has 0 N–H and O–H groups in total. The molecule has 3 aliphatic rings. The summed E-state index contributed by atoms with van der Waals surface area (Å²) in [5.74, 6) is -2.52. The van der Waals surface area contributed by atoms with Gasteiger partial charge in [0, 0.05) is 10.6 Å². The lowest BCUT2D eigenvalue weighted by atomic mass is 9.85. The third-order valence-electron chi connectivity index (χ3n) is 4.27. The molecule has 114 valence electrons. The summed E-state index contributed by atoms with van der Waals surface area (Å²) in [6, 6.07) is 4.23. The number of amides is 2. The molecule has 4 rings (SSSR count). The van der Waals surface area contributed by atoms with Gasteiger partial charge < -0.3 is 4.74 Å². The van der Waals surface area contributed by atoms with Gasteiger partial charge in [-0.3, -0.25) is 14.4 Å². The van der Waals surface area contributed by atoms with Crippen LogP contribution in [0.15, 0.2) is 30.4 Å². The number of imide groups is 1. The summed E-state index contributed by atoms with van der Waals surface area (Å²) in [7, 11) is 0. The van der Waals surface area contributed by atoms with E-state index in [4.69, 9.17) is 21.2 Å². The number of carbonyl (C=O) groups is 2. The van der Waals surface area contributed by atoms with Crippen LogP contribution in [0.25, 0.3) is 0 Å². The van der Waals surface area contributed by atoms with Gasteiger partial charge in [0.25, 0.3) is 11.8 Å². The van der Waals surface area contributed by atoms with Crippen molar-refractivity contribution >= 4 is 23.4 Å². The van der Waals surface area contributed by atoms with E-state index >= 15 is 0 Å². The molecular weight excluding hydrogens is 313 g/mol. The van der Waals surface area contributed by atoms with Crippen LogP contribution in [0.3, 0.4) is 0 Å². The van der Waals surface area contributed by atoms with E-state index in [2.05, 4.69) is 0 Å². The van der Waals surface area contributed by atoms with Gasteiger partial charge in [-0.05, 0) is 12.1 Å². The van der Waals surface area contributed by atoms with E-state index in [0.29, 0.717) is 0 Å². The van der Waals surface area contributed by atoms with Gasteiger partial charge in [0.2, 0.25) is 0 Å². The van der Waals surface area contributed by atoms with Gasteiger partial charge in [0.1, 0.15) is 12.4 Å². The van der Waals surface area contributed by atoms with Crippen molar-refractivity contribution in [3.8, 4) is 0 Å². The minimum absolute atomic E-state index is 0.110. The summed E-state index contributed by atoms with van der Waals surface area (Å²) in [5, 5.41) is 0.914. The number of rotatable bonds is 3. The average Bonchev–Trinajstić information content (AvgIpc) is 3.15. The highest BCUT2D eigenvalue weighted by molar-refractivity contribution is 6.31. The SMILES string of the molecule is O=C1[C@H]2[C@H](C(=O)N1OCc1c(F)cccc1Cl)[C@H]1C=C[C@H]2O1. The molecule has 2 saturated heterocycles. The van der Waals surface area contributed by atoms with Crippen LogP contribution in [0.2, 0.25) is 5.02 Å². The molecule has 3 aliphatic heterocycles. The number of halogens is 2.